The molecule has 0 fully saturated rings. The third-order valence-electron chi connectivity index (χ3n) is 4.43. The summed E-state index contributed by atoms with van der Waals surface area (Å²) in [6.45, 7) is 4.16. The summed E-state index contributed by atoms with van der Waals surface area (Å²) in [4.78, 5) is 9.16. The summed E-state index contributed by atoms with van der Waals surface area (Å²) in [6.07, 6.45) is 5.88. The molecule has 0 bridgehead atoms. The number of pyridine rings is 2. The van der Waals surface area contributed by atoms with Gasteiger partial charge in [0.1, 0.15) is 10.8 Å². The Balaban J connectivity index is 2.01. The number of anilines is 2. The zero-order valence-corrected chi connectivity index (χ0v) is 18.6. The summed E-state index contributed by atoms with van der Waals surface area (Å²) in [5.74, 6) is 0.960. The van der Waals surface area contributed by atoms with E-state index < -0.39 is 0 Å². The zero-order valence-electron chi connectivity index (χ0n) is 17.8. The summed E-state index contributed by atoms with van der Waals surface area (Å²) in [6, 6.07) is 5.61. The maximum absolute atomic E-state index is 7.95. The SMILES string of the molecule is CN/C=C(C=N)/C(NC)=C(/C=N)c1cnc2ccc(Nc3nnc(C(C)C)s3)nc2c1. The molecule has 0 aliphatic heterocycles. The lowest BCUT2D eigenvalue weighted by molar-refractivity contribution is 0.825. The number of hydrogen-bond acceptors (Lipinski definition) is 10. The molecule has 0 atom stereocenters. The highest BCUT2D eigenvalue weighted by atomic mass is 32.1. The van der Waals surface area contributed by atoms with Gasteiger partial charge in [-0.1, -0.05) is 25.2 Å². The number of hydrogen-bond donors (Lipinski definition) is 5. The van der Waals surface area contributed by atoms with Gasteiger partial charge in [-0.3, -0.25) is 4.98 Å². The van der Waals surface area contributed by atoms with E-state index in [0.717, 1.165) is 16.1 Å². The third kappa shape index (κ3) is 4.92. The Hall–Kier alpha value is -3.66. The van der Waals surface area contributed by atoms with Crippen LogP contribution in [0.4, 0.5) is 10.9 Å². The molecule has 31 heavy (non-hydrogen) atoms. The lowest BCUT2D eigenvalue weighted by Crippen LogP contribution is -2.15. The van der Waals surface area contributed by atoms with Crippen molar-refractivity contribution in [3.8, 4) is 0 Å². The van der Waals surface area contributed by atoms with Gasteiger partial charge >= 0.3 is 0 Å². The number of nitrogens with one attached hydrogen (secondary N) is 5. The van der Waals surface area contributed by atoms with Crippen molar-refractivity contribution in [2.75, 3.05) is 19.4 Å². The number of likely N-dealkylation sites (N-methyl/N-ethyl adjacent to an activating group) is 1. The molecule has 0 saturated carbocycles. The first-order chi connectivity index (χ1) is 15.0. The lowest BCUT2D eigenvalue weighted by Gasteiger charge is -2.13. The molecular weight excluding hydrogens is 410 g/mol. The molecule has 3 aromatic rings. The minimum atomic E-state index is 0.319. The van der Waals surface area contributed by atoms with Crippen molar-refractivity contribution >= 4 is 51.3 Å². The second-order valence-electron chi connectivity index (χ2n) is 6.90. The van der Waals surface area contributed by atoms with Crippen molar-refractivity contribution in [3.63, 3.8) is 0 Å². The van der Waals surface area contributed by atoms with Crippen LogP contribution in [0.3, 0.4) is 0 Å². The number of allylic oxidation sites excluding steroid dienone is 2. The van der Waals surface area contributed by atoms with Crippen molar-refractivity contribution in [1.29, 1.82) is 10.8 Å². The van der Waals surface area contributed by atoms with E-state index in [4.69, 9.17) is 10.8 Å². The lowest BCUT2D eigenvalue weighted by atomic mass is 10.0. The van der Waals surface area contributed by atoms with Gasteiger partial charge in [0.2, 0.25) is 5.13 Å². The van der Waals surface area contributed by atoms with Gasteiger partial charge < -0.3 is 26.8 Å². The predicted octanol–water partition coefficient (Wildman–Crippen LogP) is 3.68. The van der Waals surface area contributed by atoms with Gasteiger partial charge in [0.25, 0.3) is 0 Å². The highest BCUT2D eigenvalue weighted by molar-refractivity contribution is 7.15. The highest BCUT2D eigenvalue weighted by Crippen LogP contribution is 2.26. The average Bonchev–Trinajstić information content (AvgIpc) is 3.24. The fraction of sp³-hybridized carbons (Fsp3) is 0.238. The fourth-order valence-electron chi connectivity index (χ4n) is 2.93. The second-order valence-corrected chi connectivity index (χ2v) is 7.91. The Kier molecular flexibility index (Phi) is 7.03. The summed E-state index contributed by atoms with van der Waals surface area (Å²) in [7, 11) is 3.52. The van der Waals surface area contributed by atoms with E-state index in [1.54, 1.807) is 26.5 Å². The number of aromatic nitrogens is 4. The van der Waals surface area contributed by atoms with Gasteiger partial charge in [-0.2, -0.15) is 0 Å². The Labute approximate surface area is 184 Å². The van der Waals surface area contributed by atoms with Crippen LogP contribution in [0.2, 0.25) is 0 Å². The minimum absolute atomic E-state index is 0.319. The number of fused-ring (bicyclic) bond motifs is 1. The Morgan fingerprint density at radius 2 is 1.90 bits per heavy atom. The van der Waals surface area contributed by atoms with Crippen LogP contribution >= 0.6 is 11.3 Å². The van der Waals surface area contributed by atoms with Crippen molar-refractivity contribution in [3.05, 3.63) is 52.4 Å². The van der Waals surface area contributed by atoms with Crippen LogP contribution in [-0.2, 0) is 0 Å². The topological polar surface area (TPSA) is 135 Å². The maximum atomic E-state index is 7.95. The molecule has 0 aliphatic carbocycles. The van der Waals surface area contributed by atoms with E-state index in [-0.39, 0.29) is 0 Å². The highest BCUT2D eigenvalue weighted by Gasteiger charge is 2.13. The molecule has 0 unspecified atom stereocenters. The van der Waals surface area contributed by atoms with Crippen molar-refractivity contribution in [2.45, 2.75) is 19.8 Å². The van der Waals surface area contributed by atoms with Crippen LogP contribution in [0.1, 0.15) is 30.3 Å². The van der Waals surface area contributed by atoms with Crippen molar-refractivity contribution in [2.24, 2.45) is 0 Å². The molecule has 3 heterocycles. The van der Waals surface area contributed by atoms with Crippen LogP contribution in [0.5, 0.6) is 0 Å². The van der Waals surface area contributed by atoms with Gasteiger partial charge in [-0.15, -0.1) is 10.2 Å². The molecule has 3 aromatic heterocycles. The zero-order chi connectivity index (χ0) is 22.4. The minimum Gasteiger partial charge on any atom is -0.393 e. The standard InChI is InChI=1S/C21H25N9S/c1-12(2)20-29-30-21(31-20)28-18-6-5-16-17(27-18)7-13(11-26-16)15(9-23)19(25-4)14(8-22)10-24-3/h5-12,22-25H,1-4H3,(H,27,28,30)/b14-10+,19-15+,22-8?,23-9?. The van der Waals surface area contributed by atoms with Gasteiger partial charge in [0.15, 0.2) is 0 Å². The maximum Gasteiger partial charge on any atom is 0.211 e. The first-order valence-corrected chi connectivity index (χ1v) is 10.5. The van der Waals surface area contributed by atoms with E-state index in [1.165, 1.54) is 23.8 Å². The first kappa shape index (κ1) is 22.0. The average molecular weight is 436 g/mol. The first-order valence-electron chi connectivity index (χ1n) is 9.69. The number of nitrogens with zero attached hydrogens (tertiary/aromatic N) is 4. The molecule has 3 rings (SSSR count). The van der Waals surface area contributed by atoms with E-state index in [9.17, 15) is 0 Å². The molecule has 10 heteroatoms. The smallest absolute Gasteiger partial charge is 0.211 e. The fourth-order valence-corrected chi connectivity index (χ4v) is 3.68. The van der Waals surface area contributed by atoms with Gasteiger partial charge in [0, 0.05) is 61.5 Å². The predicted molar refractivity (Wildman–Crippen MR) is 128 cm³/mol. The molecule has 9 nitrogen and oxygen atoms in total. The summed E-state index contributed by atoms with van der Waals surface area (Å²) in [5.41, 5.74) is 4.00. The Bertz CT molecular complexity index is 1160. The summed E-state index contributed by atoms with van der Waals surface area (Å²) < 4.78 is 0. The van der Waals surface area contributed by atoms with Crippen LogP contribution in [0.15, 0.2) is 41.9 Å². The Morgan fingerprint density at radius 1 is 1.10 bits per heavy atom. The normalized spacial score (nSPS) is 12.5. The molecule has 0 aliphatic rings. The van der Waals surface area contributed by atoms with Gasteiger partial charge in [0.05, 0.1) is 16.7 Å². The quantitative estimate of drug-likeness (QED) is 0.255. The molecule has 0 saturated heterocycles. The third-order valence-corrected chi connectivity index (χ3v) is 5.56. The van der Waals surface area contributed by atoms with Crippen LogP contribution in [0.25, 0.3) is 16.6 Å². The van der Waals surface area contributed by atoms with Crippen molar-refractivity contribution in [1.82, 2.24) is 30.8 Å². The van der Waals surface area contributed by atoms with Gasteiger partial charge in [-0.05, 0) is 18.2 Å². The summed E-state index contributed by atoms with van der Waals surface area (Å²) >= 11 is 1.50. The van der Waals surface area contributed by atoms with E-state index in [1.807, 2.05) is 18.2 Å². The van der Waals surface area contributed by atoms with E-state index in [2.05, 4.69) is 50.0 Å². The van der Waals surface area contributed by atoms with Gasteiger partial charge in [-0.25, -0.2) is 4.98 Å². The molecule has 0 amide bonds. The van der Waals surface area contributed by atoms with Crippen LogP contribution in [0, 0.1) is 10.8 Å². The monoisotopic (exact) mass is 435 g/mol. The van der Waals surface area contributed by atoms with Crippen molar-refractivity contribution < 1.29 is 0 Å². The largest absolute Gasteiger partial charge is 0.393 e. The van der Waals surface area contributed by atoms with E-state index >= 15 is 0 Å². The van der Waals surface area contributed by atoms with Crippen LogP contribution in [-0.4, -0.2) is 46.7 Å². The molecular formula is C21H25N9S. The molecule has 0 spiro atoms. The van der Waals surface area contributed by atoms with E-state index in [0.29, 0.717) is 39.2 Å². The molecule has 0 aromatic carbocycles. The molecule has 160 valence electrons. The number of rotatable bonds is 9. The molecule has 5 N–H and O–H groups in total. The molecule has 0 radical (unpaired) electrons. The van der Waals surface area contributed by atoms with Crippen LogP contribution < -0.4 is 16.0 Å². The summed E-state index contributed by atoms with van der Waals surface area (Å²) in [5, 5.41) is 34.9. The second kappa shape index (κ2) is 9.90. The Morgan fingerprint density at radius 3 is 2.52 bits per heavy atom.